The molecule has 7 heteroatoms. The number of esters is 1. The second-order valence-electron chi connectivity index (χ2n) is 6.77. The Bertz CT molecular complexity index is 1250. The minimum absolute atomic E-state index is 0.309. The van der Waals surface area contributed by atoms with E-state index < -0.39 is 5.97 Å². The highest BCUT2D eigenvalue weighted by Crippen LogP contribution is 2.38. The van der Waals surface area contributed by atoms with E-state index in [1.54, 1.807) is 31.5 Å². The van der Waals surface area contributed by atoms with Crippen LogP contribution < -0.4 is 0 Å². The Balaban J connectivity index is 2.07. The van der Waals surface area contributed by atoms with Gasteiger partial charge in [0.25, 0.3) is 0 Å². The number of carbonyl (C=O) groups excluding carboxylic acids is 1. The summed E-state index contributed by atoms with van der Waals surface area (Å²) in [6, 6.07) is 13.5. The summed E-state index contributed by atoms with van der Waals surface area (Å²) in [6.07, 6.45) is 6.69. The summed E-state index contributed by atoms with van der Waals surface area (Å²) in [6.45, 7) is 4.79. The molecule has 0 aliphatic carbocycles. The molecule has 4 aromatic rings. The monoisotopic (exact) mass is 432 g/mol. The van der Waals surface area contributed by atoms with Crippen LogP contribution in [0.3, 0.4) is 0 Å². The molecule has 0 saturated heterocycles. The van der Waals surface area contributed by atoms with Crippen molar-refractivity contribution in [2.75, 3.05) is 6.61 Å². The summed E-state index contributed by atoms with van der Waals surface area (Å²) < 4.78 is 6.94. The van der Waals surface area contributed by atoms with Gasteiger partial charge in [-0.1, -0.05) is 41.9 Å². The summed E-state index contributed by atoms with van der Waals surface area (Å²) in [5, 5.41) is 5.79. The summed E-state index contributed by atoms with van der Waals surface area (Å²) >= 11 is 6.03. The normalized spacial score (nSPS) is 11.3. The topological polar surface area (TPSA) is 69.9 Å². The molecule has 0 atom stereocenters. The fourth-order valence-corrected chi connectivity index (χ4v) is 3.60. The fourth-order valence-electron chi connectivity index (χ4n) is 3.49. The molecule has 0 N–H and O–H groups in total. The highest BCUT2D eigenvalue weighted by Gasteiger charge is 2.19. The van der Waals surface area contributed by atoms with E-state index in [4.69, 9.17) is 21.3 Å². The van der Waals surface area contributed by atoms with E-state index in [2.05, 4.69) is 10.1 Å². The van der Waals surface area contributed by atoms with Gasteiger partial charge in [0.15, 0.2) is 5.65 Å². The lowest BCUT2D eigenvalue weighted by atomic mass is 9.94. The first-order valence-corrected chi connectivity index (χ1v) is 10.4. The van der Waals surface area contributed by atoms with Crippen molar-refractivity contribution >= 4 is 34.7 Å². The summed E-state index contributed by atoms with van der Waals surface area (Å²) in [4.78, 5) is 21.3. The molecule has 3 aromatic heterocycles. The van der Waals surface area contributed by atoms with Crippen molar-refractivity contribution in [3.63, 3.8) is 0 Å². The average Bonchev–Trinajstić information content (AvgIpc) is 3.21. The molecule has 0 aliphatic heterocycles. The second-order valence-corrected chi connectivity index (χ2v) is 7.15. The van der Waals surface area contributed by atoms with Crippen LogP contribution in [-0.4, -0.2) is 32.3 Å². The van der Waals surface area contributed by atoms with Gasteiger partial charge in [0.2, 0.25) is 0 Å². The number of hydrogen-bond acceptors (Lipinski definition) is 5. The van der Waals surface area contributed by atoms with E-state index >= 15 is 0 Å². The quantitative estimate of drug-likeness (QED) is 0.231. The molecule has 1 aromatic carbocycles. The summed E-state index contributed by atoms with van der Waals surface area (Å²) in [5.74, 6) is -0.411. The number of pyridine rings is 2. The minimum Gasteiger partial charge on any atom is -0.463 e. The third kappa shape index (κ3) is 4.20. The van der Waals surface area contributed by atoms with Crippen molar-refractivity contribution in [2.45, 2.75) is 20.4 Å². The molecule has 0 radical (unpaired) electrons. The number of halogens is 1. The van der Waals surface area contributed by atoms with E-state index in [0.29, 0.717) is 18.3 Å². The van der Waals surface area contributed by atoms with E-state index in [-0.39, 0.29) is 0 Å². The molecule has 0 amide bonds. The first kappa shape index (κ1) is 20.8. The highest BCUT2D eigenvalue weighted by atomic mass is 35.5. The summed E-state index contributed by atoms with van der Waals surface area (Å²) in [7, 11) is 0. The van der Waals surface area contributed by atoms with Crippen molar-refractivity contribution in [3.05, 3.63) is 71.7 Å². The number of hydrogen-bond donors (Lipinski definition) is 0. The maximum Gasteiger partial charge on any atom is 0.330 e. The van der Waals surface area contributed by atoms with Gasteiger partial charge < -0.3 is 4.74 Å². The molecular weight excluding hydrogens is 412 g/mol. The number of carbonyl (C=O) groups is 1. The lowest BCUT2D eigenvalue weighted by Gasteiger charge is -2.14. The largest absolute Gasteiger partial charge is 0.463 e. The molecule has 3 heterocycles. The molecule has 0 fully saturated rings. The summed E-state index contributed by atoms with van der Waals surface area (Å²) in [5.41, 5.74) is 4.96. The number of benzene rings is 1. The predicted molar refractivity (Wildman–Crippen MR) is 123 cm³/mol. The Kier molecular flexibility index (Phi) is 6.09. The number of ether oxygens (including phenoxy) is 1. The Morgan fingerprint density at radius 1 is 1.10 bits per heavy atom. The van der Waals surface area contributed by atoms with Gasteiger partial charge in [0.1, 0.15) is 5.15 Å². The first-order valence-electron chi connectivity index (χ1n) is 10.0. The lowest BCUT2D eigenvalue weighted by Crippen LogP contribution is -2.02. The third-order valence-corrected chi connectivity index (χ3v) is 5.08. The van der Waals surface area contributed by atoms with Gasteiger partial charge in [0.05, 0.1) is 18.5 Å². The molecular formula is C24H21ClN4O2. The van der Waals surface area contributed by atoms with Crippen LogP contribution in [0.25, 0.3) is 39.5 Å². The first-order chi connectivity index (χ1) is 15.1. The van der Waals surface area contributed by atoms with E-state index in [1.807, 2.05) is 48.0 Å². The Morgan fingerprint density at radius 2 is 1.90 bits per heavy atom. The molecule has 0 aliphatic rings. The molecule has 0 saturated carbocycles. The Morgan fingerprint density at radius 3 is 2.58 bits per heavy atom. The highest BCUT2D eigenvalue weighted by molar-refractivity contribution is 6.29. The van der Waals surface area contributed by atoms with Gasteiger partial charge in [-0.05, 0) is 32.1 Å². The van der Waals surface area contributed by atoms with Crippen molar-refractivity contribution in [2.24, 2.45) is 0 Å². The van der Waals surface area contributed by atoms with E-state index in [9.17, 15) is 4.79 Å². The lowest BCUT2D eigenvalue weighted by molar-refractivity contribution is -0.137. The van der Waals surface area contributed by atoms with Crippen LogP contribution in [0.5, 0.6) is 0 Å². The van der Waals surface area contributed by atoms with Crippen LogP contribution in [0.15, 0.2) is 60.9 Å². The standard InChI is InChI=1S/C24H21ClN4O2/c1-3-29-24-19(15-27-29)22(17-10-12-20(25)26-14-17)18(11-13-21(30)31-4-2)23(28-24)16-8-6-5-7-9-16/h5-15H,3-4H2,1-2H3/b13-11+. The molecule has 4 rings (SSSR count). The zero-order valence-corrected chi connectivity index (χ0v) is 18.0. The van der Waals surface area contributed by atoms with Crippen LogP contribution in [0.2, 0.25) is 5.15 Å². The number of fused-ring (bicyclic) bond motifs is 1. The van der Waals surface area contributed by atoms with Crippen LogP contribution in [0.1, 0.15) is 19.4 Å². The molecule has 6 nitrogen and oxygen atoms in total. The van der Waals surface area contributed by atoms with Gasteiger partial charge in [-0.25, -0.2) is 19.4 Å². The van der Waals surface area contributed by atoms with Crippen molar-refractivity contribution in [1.29, 1.82) is 0 Å². The van der Waals surface area contributed by atoms with Crippen molar-refractivity contribution in [3.8, 4) is 22.4 Å². The molecule has 31 heavy (non-hydrogen) atoms. The SMILES string of the molecule is CCOC(=O)/C=C/c1c(-c2ccccc2)nc2c(cnn2CC)c1-c1ccc(Cl)nc1. The predicted octanol–water partition coefficient (Wildman–Crippen LogP) is 5.41. The Hall–Kier alpha value is -3.51. The third-order valence-electron chi connectivity index (χ3n) is 4.86. The zero-order valence-electron chi connectivity index (χ0n) is 17.2. The maximum atomic E-state index is 12.1. The van der Waals surface area contributed by atoms with Crippen molar-refractivity contribution in [1.82, 2.24) is 19.7 Å². The van der Waals surface area contributed by atoms with Gasteiger partial charge in [-0.15, -0.1) is 0 Å². The number of aromatic nitrogens is 4. The minimum atomic E-state index is -0.411. The van der Waals surface area contributed by atoms with Gasteiger partial charge in [-0.3, -0.25) is 0 Å². The van der Waals surface area contributed by atoms with Crippen LogP contribution in [0, 0.1) is 0 Å². The second kappa shape index (κ2) is 9.10. The molecule has 0 unspecified atom stereocenters. The number of aryl methyl sites for hydroxylation is 1. The number of nitrogens with zero attached hydrogens (tertiary/aromatic N) is 4. The van der Waals surface area contributed by atoms with Crippen LogP contribution in [0.4, 0.5) is 0 Å². The van der Waals surface area contributed by atoms with Crippen LogP contribution >= 0.6 is 11.6 Å². The smallest absolute Gasteiger partial charge is 0.330 e. The average molecular weight is 433 g/mol. The van der Waals surface area contributed by atoms with Gasteiger partial charge >= 0.3 is 5.97 Å². The zero-order chi connectivity index (χ0) is 21.8. The molecule has 0 bridgehead atoms. The van der Waals surface area contributed by atoms with E-state index in [0.717, 1.165) is 39.0 Å². The molecule has 156 valence electrons. The van der Waals surface area contributed by atoms with Crippen LogP contribution in [-0.2, 0) is 16.1 Å². The van der Waals surface area contributed by atoms with Crippen molar-refractivity contribution < 1.29 is 9.53 Å². The van der Waals surface area contributed by atoms with E-state index in [1.165, 1.54) is 6.08 Å². The Labute approximate surface area is 185 Å². The maximum absolute atomic E-state index is 12.1. The van der Waals surface area contributed by atoms with Gasteiger partial charge in [0, 0.05) is 46.5 Å². The van der Waals surface area contributed by atoms with Gasteiger partial charge in [-0.2, -0.15) is 5.10 Å². The molecule has 0 spiro atoms. The fraction of sp³-hybridized carbons (Fsp3) is 0.167. The number of rotatable bonds is 6.